The zero-order valence-corrected chi connectivity index (χ0v) is 11.6. The van der Waals surface area contributed by atoms with E-state index < -0.39 is 4.92 Å². The first-order valence-corrected chi connectivity index (χ1v) is 6.38. The van der Waals surface area contributed by atoms with Crippen LogP contribution in [0.5, 0.6) is 0 Å². The van der Waals surface area contributed by atoms with Gasteiger partial charge in [-0.05, 0) is 24.1 Å². The Morgan fingerprint density at radius 2 is 1.85 bits per heavy atom. The van der Waals surface area contributed by atoms with Gasteiger partial charge < -0.3 is 0 Å². The minimum Gasteiger partial charge on any atom is -0.294 e. The van der Waals surface area contributed by atoms with Crippen LogP contribution >= 0.6 is 11.6 Å². The minimum atomic E-state index is -0.466. The SMILES string of the molecule is Cc1c(Cl)cccc1C(=O)Cc1ccc([N+](=O)[O-])cc1. The van der Waals surface area contributed by atoms with Crippen LogP contribution in [-0.2, 0) is 6.42 Å². The quantitative estimate of drug-likeness (QED) is 0.486. The third kappa shape index (κ3) is 3.03. The molecule has 0 bridgehead atoms. The van der Waals surface area contributed by atoms with Crippen molar-refractivity contribution in [2.75, 3.05) is 0 Å². The number of rotatable bonds is 4. The van der Waals surface area contributed by atoms with Gasteiger partial charge in [0.2, 0.25) is 0 Å². The molecule has 0 heterocycles. The van der Waals surface area contributed by atoms with Gasteiger partial charge in [-0.15, -0.1) is 0 Å². The van der Waals surface area contributed by atoms with Crippen molar-refractivity contribution in [3.8, 4) is 0 Å². The van der Waals surface area contributed by atoms with Crippen LogP contribution in [0.15, 0.2) is 42.5 Å². The van der Waals surface area contributed by atoms with Crippen LogP contribution in [0.1, 0.15) is 21.5 Å². The Bertz CT molecular complexity index is 665. The molecule has 2 aromatic rings. The Morgan fingerprint density at radius 1 is 1.20 bits per heavy atom. The third-order valence-electron chi connectivity index (χ3n) is 3.08. The summed E-state index contributed by atoms with van der Waals surface area (Å²) in [5.41, 5.74) is 2.08. The summed E-state index contributed by atoms with van der Waals surface area (Å²) in [7, 11) is 0. The lowest BCUT2D eigenvalue weighted by atomic mass is 9.99. The molecule has 0 aromatic heterocycles. The molecule has 5 heteroatoms. The first-order chi connectivity index (χ1) is 9.49. The number of halogens is 1. The summed E-state index contributed by atoms with van der Waals surface area (Å²) in [5, 5.41) is 11.1. The number of nitrogens with zero attached hydrogens (tertiary/aromatic N) is 1. The summed E-state index contributed by atoms with van der Waals surface area (Å²) >= 11 is 5.99. The Hall–Kier alpha value is -2.20. The van der Waals surface area contributed by atoms with Crippen molar-refractivity contribution in [2.45, 2.75) is 13.3 Å². The second kappa shape index (κ2) is 5.84. The summed E-state index contributed by atoms with van der Waals surface area (Å²) in [6.07, 6.45) is 0.194. The molecule has 0 N–H and O–H groups in total. The summed E-state index contributed by atoms with van der Waals surface area (Å²) in [4.78, 5) is 22.3. The maximum atomic E-state index is 12.2. The largest absolute Gasteiger partial charge is 0.294 e. The predicted molar refractivity (Wildman–Crippen MR) is 77.3 cm³/mol. The van der Waals surface area contributed by atoms with Gasteiger partial charge in [0.05, 0.1) is 4.92 Å². The van der Waals surface area contributed by atoms with E-state index in [0.717, 1.165) is 11.1 Å². The molecule has 0 atom stereocenters. The molecule has 2 rings (SSSR count). The minimum absolute atomic E-state index is 0.0140. The van der Waals surface area contributed by atoms with Crippen LogP contribution < -0.4 is 0 Å². The molecule has 0 radical (unpaired) electrons. The number of hydrogen-bond acceptors (Lipinski definition) is 3. The molecule has 20 heavy (non-hydrogen) atoms. The maximum Gasteiger partial charge on any atom is 0.269 e. The number of ketones is 1. The highest BCUT2D eigenvalue weighted by Crippen LogP contribution is 2.21. The van der Waals surface area contributed by atoms with Crippen molar-refractivity contribution < 1.29 is 9.72 Å². The Morgan fingerprint density at radius 3 is 2.45 bits per heavy atom. The van der Waals surface area contributed by atoms with Gasteiger partial charge in [-0.2, -0.15) is 0 Å². The number of carbonyl (C=O) groups excluding carboxylic acids is 1. The highest BCUT2D eigenvalue weighted by atomic mass is 35.5. The van der Waals surface area contributed by atoms with Crippen molar-refractivity contribution >= 4 is 23.1 Å². The molecule has 0 aliphatic heterocycles. The normalized spacial score (nSPS) is 10.3. The van der Waals surface area contributed by atoms with Gasteiger partial charge in [0.15, 0.2) is 5.78 Å². The standard InChI is InChI=1S/C15H12ClNO3/c1-10-13(3-2-4-14(10)16)15(18)9-11-5-7-12(8-6-11)17(19)20/h2-8H,9H2,1H3. The van der Waals surface area contributed by atoms with Crippen molar-refractivity contribution in [3.63, 3.8) is 0 Å². The van der Waals surface area contributed by atoms with E-state index in [9.17, 15) is 14.9 Å². The number of hydrogen-bond donors (Lipinski definition) is 0. The third-order valence-corrected chi connectivity index (χ3v) is 3.49. The van der Waals surface area contributed by atoms with E-state index in [1.54, 1.807) is 37.3 Å². The fourth-order valence-electron chi connectivity index (χ4n) is 1.93. The lowest BCUT2D eigenvalue weighted by molar-refractivity contribution is -0.384. The molecule has 0 aliphatic rings. The number of carbonyl (C=O) groups is 1. The van der Waals surface area contributed by atoms with Crippen LogP contribution in [-0.4, -0.2) is 10.7 Å². The van der Waals surface area contributed by atoms with Crippen LogP contribution in [0, 0.1) is 17.0 Å². The molecule has 4 nitrogen and oxygen atoms in total. The summed E-state index contributed by atoms with van der Waals surface area (Å²) in [6, 6.07) is 11.2. The van der Waals surface area contributed by atoms with Gasteiger partial charge >= 0.3 is 0 Å². The molecule has 0 fully saturated rings. The number of Topliss-reactive ketones (excluding diaryl/α,β-unsaturated/α-hetero) is 1. The molecule has 0 saturated carbocycles. The molecule has 0 saturated heterocycles. The van der Waals surface area contributed by atoms with Gasteiger partial charge in [-0.1, -0.05) is 35.9 Å². The smallest absolute Gasteiger partial charge is 0.269 e. The van der Waals surface area contributed by atoms with Crippen molar-refractivity contribution in [2.24, 2.45) is 0 Å². The maximum absolute atomic E-state index is 12.2. The van der Waals surface area contributed by atoms with Crippen LogP contribution in [0.25, 0.3) is 0 Å². The van der Waals surface area contributed by atoms with Gasteiger partial charge in [0.1, 0.15) is 0 Å². The van der Waals surface area contributed by atoms with E-state index in [2.05, 4.69) is 0 Å². The fraction of sp³-hybridized carbons (Fsp3) is 0.133. The van der Waals surface area contributed by atoms with Gasteiger partial charge in [0.25, 0.3) is 5.69 Å². The number of nitro groups is 1. The molecule has 0 aliphatic carbocycles. The van der Waals surface area contributed by atoms with Gasteiger partial charge in [0, 0.05) is 29.1 Å². The van der Waals surface area contributed by atoms with E-state index in [1.807, 2.05) is 0 Å². The van der Waals surface area contributed by atoms with Crippen LogP contribution in [0.2, 0.25) is 5.02 Å². The molecule has 0 unspecified atom stereocenters. The van der Waals surface area contributed by atoms with Crippen molar-refractivity contribution in [1.82, 2.24) is 0 Å². The van der Waals surface area contributed by atoms with E-state index in [0.29, 0.717) is 10.6 Å². The fourth-order valence-corrected chi connectivity index (χ4v) is 2.10. The van der Waals surface area contributed by atoms with Crippen molar-refractivity contribution in [3.05, 3.63) is 74.3 Å². The molecule has 0 amide bonds. The summed E-state index contributed by atoms with van der Waals surface area (Å²) in [6.45, 7) is 1.80. The lowest BCUT2D eigenvalue weighted by Gasteiger charge is -2.06. The first-order valence-electron chi connectivity index (χ1n) is 6.00. The van der Waals surface area contributed by atoms with E-state index in [1.165, 1.54) is 12.1 Å². The Labute approximate surface area is 121 Å². The average Bonchev–Trinajstić information content (AvgIpc) is 2.42. The monoisotopic (exact) mass is 289 g/mol. The highest BCUT2D eigenvalue weighted by molar-refractivity contribution is 6.31. The Kier molecular flexibility index (Phi) is 4.15. The average molecular weight is 290 g/mol. The van der Waals surface area contributed by atoms with E-state index in [-0.39, 0.29) is 17.9 Å². The summed E-state index contributed by atoms with van der Waals surface area (Å²) < 4.78 is 0. The molecular formula is C15H12ClNO3. The second-order valence-corrected chi connectivity index (χ2v) is 4.84. The first kappa shape index (κ1) is 14.2. The van der Waals surface area contributed by atoms with Crippen LogP contribution in [0.3, 0.4) is 0 Å². The second-order valence-electron chi connectivity index (χ2n) is 4.44. The zero-order valence-electron chi connectivity index (χ0n) is 10.8. The number of benzene rings is 2. The molecule has 102 valence electrons. The van der Waals surface area contributed by atoms with Gasteiger partial charge in [-0.25, -0.2) is 0 Å². The van der Waals surface area contributed by atoms with E-state index >= 15 is 0 Å². The van der Waals surface area contributed by atoms with Crippen LogP contribution in [0.4, 0.5) is 5.69 Å². The summed E-state index contributed by atoms with van der Waals surface area (Å²) in [5.74, 6) is -0.0566. The topological polar surface area (TPSA) is 60.2 Å². The number of nitro benzene ring substituents is 1. The van der Waals surface area contributed by atoms with Gasteiger partial charge in [-0.3, -0.25) is 14.9 Å². The van der Waals surface area contributed by atoms with Crippen molar-refractivity contribution in [1.29, 1.82) is 0 Å². The number of non-ortho nitro benzene ring substituents is 1. The zero-order chi connectivity index (χ0) is 14.7. The molecule has 0 spiro atoms. The lowest BCUT2D eigenvalue weighted by Crippen LogP contribution is -2.06. The Balaban J connectivity index is 2.19. The van der Waals surface area contributed by atoms with E-state index in [4.69, 9.17) is 11.6 Å². The predicted octanol–water partition coefficient (Wildman–Crippen LogP) is 3.98. The molecular weight excluding hydrogens is 278 g/mol. The molecule has 2 aromatic carbocycles. The highest BCUT2D eigenvalue weighted by Gasteiger charge is 2.12.